The van der Waals surface area contributed by atoms with Crippen LogP contribution in [0.3, 0.4) is 0 Å². The predicted molar refractivity (Wildman–Crippen MR) is 101 cm³/mol. The number of carbonyl (C=O) groups is 1. The van der Waals surface area contributed by atoms with E-state index in [-0.39, 0.29) is 6.04 Å². The Morgan fingerprint density at radius 1 is 1.04 bits per heavy atom. The second-order valence-electron chi connectivity index (χ2n) is 7.48. The molecule has 5 heteroatoms. The summed E-state index contributed by atoms with van der Waals surface area (Å²) in [4.78, 5) is 12.3. The zero-order valence-corrected chi connectivity index (χ0v) is 15.1. The highest BCUT2D eigenvalue weighted by Crippen LogP contribution is 2.41. The molecule has 0 bridgehead atoms. The van der Waals surface area contributed by atoms with Gasteiger partial charge in [0.15, 0.2) is 6.10 Å². The summed E-state index contributed by atoms with van der Waals surface area (Å²) >= 11 is 0. The van der Waals surface area contributed by atoms with Crippen LogP contribution >= 0.6 is 0 Å². The molecule has 0 radical (unpaired) electrons. The summed E-state index contributed by atoms with van der Waals surface area (Å²) in [5.74, 6) is 0. The fraction of sp³-hybridized carbons (Fsp3) is 0.286. The van der Waals surface area contributed by atoms with Gasteiger partial charge in [0.25, 0.3) is 0 Å². The highest BCUT2D eigenvalue weighted by atomic mass is 16.7. The standard InChI is InChI=1S/C21H22N2O3/c1-21(2,3)26-20(24)25-19-17-13-15-11-7-8-12-16(15)23(17)22-18(19)14-9-5-4-6-10-14/h4-13,18-19,22H,1-3H3/t18-,19+/m1/s1. The van der Waals surface area contributed by atoms with Gasteiger partial charge in [-0.15, -0.1) is 0 Å². The largest absolute Gasteiger partial charge is 0.509 e. The molecular weight excluding hydrogens is 328 g/mol. The number of nitrogens with zero attached hydrogens (tertiary/aromatic N) is 1. The summed E-state index contributed by atoms with van der Waals surface area (Å²) in [6.07, 6.45) is -1.14. The molecule has 0 saturated carbocycles. The van der Waals surface area contributed by atoms with Crippen LogP contribution in [0.25, 0.3) is 10.9 Å². The number of carbonyl (C=O) groups excluding carboxylic acids is 1. The number of hydrogen-bond donors (Lipinski definition) is 1. The molecule has 0 fully saturated rings. The quantitative estimate of drug-likeness (QED) is 0.666. The van der Waals surface area contributed by atoms with Gasteiger partial charge < -0.3 is 14.9 Å². The molecule has 1 aliphatic heterocycles. The third-order valence-corrected chi connectivity index (χ3v) is 4.37. The van der Waals surface area contributed by atoms with E-state index in [2.05, 4.69) is 11.5 Å². The first-order valence-electron chi connectivity index (χ1n) is 8.74. The zero-order valence-electron chi connectivity index (χ0n) is 15.1. The lowest BCUT2D eigenvalue weighted by atomic mass is 10.0. The van der Waals surface area contributed by atoms with Gasteiger partial charge in [0, 0.05) is 5.39 Å². The first kappa shape index (κ1) is 16.5. The molecule has 1 aliphatic rings. The number of aromatic nitrogens is 1. The first-order chi connectivity index (χ1) is 12.4. The predicted octanol–water partition coefficient (Wildman–Crippen LogP) is 4.93. The fourth-order valence-electron chi connectivity index (χ4n) is 3.32. The van der Waals surface area contributed by atoms with Crippen molar-refractivity contribution in [2.45, 2.75) is 38.5 Å². The van der Waals surface area contributed by atoms with E-state index in [1.54, 1.807) is 0 Å². The van der Waals surface area contributed by atoms with E-state index >= 15 is 0 Å². The molecule has 26 heavy (non-hydrogen) atoms. The molecule has 5 nitrogen and oxygen atoms in total. The molecular formula is C21H22N2O3. The summed E-state index contributed by atoms with van der Waals surface area (Å²) in [6.45, 7) is 5.48. The molecule has 2 aromatic carbocycles. The van der Waals surface area contributed by atoms with Crippen LogP contribution < -0.4 is 5.43 Å². The van der Waals surface area contributed by atoms with Crippen molar-refractivity contribution in [3.63, 3.8) is 0 Å². The summed E-state index contributed by atoms with van der Waals surface area (Å²) in [7, 11) is 0. The highest BCUT2D eigenvalue weighted by molar-refractivity contribution is 5.82. The Morgan fingerprint density at radius 2 is 1.73 bits per heavy atom. The summed E-state index contributed by atoms with van der Waals surface area (Å²) in [6, 6.07) is 19.9. The second kappa shape index (κ2) is 6.09. The Balaban J connectivity index is 1.72. The summed E-state index contributed by atoms with van der Waals surface area (Å²) in [5.41, 5.74) is 5.89. The fourth-order valence-corrected chi connectivity index (χ4v) is 3.32. The molecule has 2 atom stereocenters. The average molecular weight is 350 g/mol. The van der Waals surface area contributed by atoms with Crippen LogP contribution in [0.2, 0.25) is 0 Å². The van der Waals surface area contributed by atoms with Crippen LogP contribution in [0, 0.1) is 0 Å². The number of fused-ring (bicyclic) bond motifs is 3. The Bertz CT molecular complexity index is 941. The summed E-state index contributed by atoms with van der Waals surface area (Å²) in [5, 5.41) is 1.10. The Morgan fingerprint density at radius 3 is 2.46 bits per heavy atom. The van der Waals surface area contributed by atoms with Gasteiger partial charge in [0.1, 0.15) is 11.6 Å². The van der Waals surface area contributed by atoms with Crippen molar-refractivity contribution in [3.8, 4) is 0 Å². The summed E-state index contributed by atoms with van der Waals surface area (Å²) < 4.78 is 13.1. The van der Waals surface area contributed by atoms with E-state index in [1.807, 2.05) is 80.0 Å². The van der Waals surface area contributed by atoms with Crippen LogP contribution in [0.5, 0.6) is 0 Å². The van der Waals surface area contributed by atoms with Crippen molar-refractivity contribution in [3.05, 3.63) is 71.9 Å². The van der Waals surface area contributed by atoms with Crippen molar-refractivity contribution in [2.75, 3.05) is 5.43 Å². The number of ether oxygens (including phenoxy) is 2. The van der Waals surface area contributed by atoms with Crippen molar-refractivity contribution >= 4 is 17.1 Å². The second-order valence-corrected chi connectivity index (χ2v) is 7.48. The third kappa shape index (κ3) is 3.01. The monoisotopic (exact) mass is 350 g/mol. The molecule has 2 heterocycles. The maximum absolute atomic E-state index is 12.3. The van der Waals surface area contributed by atoms with E-state index in [1.165, 1.54) is 0 Å². The van der Waals surface area contributed by atoms with Gasteiger partial charge in [-0.3, -0.25) is 4.68 Å². The average Bonchev–Trinajstić information content (AvgIpc) is 3.11. The number of hydrogen-bond acceptors (Lipinski definition) is 4. The molecule has 4 rings (SSSR count). The van der Waals surface area contributed by atoms with E-state index in [9.17, 15) is 4.79 Å². The zero-order chi connectivity index (χ0) is 18.3. The third-order valence-electron chi connectivity index (χ3n) is 4.37. The van der Waals surface area contributed by atoms with Crippen molar-refractivity contribution in [2.24, 2.45) is 0 Å². The molecule has 1 aromatic heterocycles. The topological polar surface area (TPSA) is 52.5 Å². The molecule has 0 amide bonds. The highest BCUT2D eigenvalue weighted by Gasteiger charge is 2.38. The van der Waals surface area contributed by atoms with E-state index < -0.39 is 17.9 Å². The molecule has 0 unspecified atom stereocenters. The van der Waals surface area contributed by atoms with Gasteiger partial charge >= 0.3 is 6.16 Å². The lowest BCUT2D eigenvalue weighted by Gasteiger charge is -2.23. The minimum Gasteiger partial charge on any atom is -0.429 e. The maximum Gasteiger partial charge on any atom is 0.509 e. The maximum atomic E-state index is 12.3. The Labute approximate surface area is 152 Å². The molecule has 3 aromatic rings. The molecule has 1 N–H and O–H groups in total. The van der Waals surface area contributed by atoms with Crippen molar-refractivity contribution < 1.29 is 14.3 Å². The van der Waals surface area contributed by atoms with Gasteiger partial charge in [0.05, 0.1) is 11.2 Å². The smallest absolute Gasteiger partial charge is 0.429 e. The Hall–Kier alpha value is -2.95. The first-order valence-corrected chi connectivity index (χ1v) is 8.74. The minimum atomic E-state index is -0.663. The number of nitrogens with one attached hydrogen (secondary N) is 1. The lowest BCUT2D eigenvalue weighted by Crippen LogP contribution is -2.27. The van der Waals surface area contributed by atoms with Crippen molar-refractivity contribution in [1.82, 2.24) is 4.68 Å². The lowest BCUT2D eigenvalue weighted by molar-refractivity contribution is -0.0298. The van der Waals surface area contributed by atoms with E-state index in [0.717, 1.165) is 22.2 Å². The minimum absolute atomic E-state index is 0.177. The normalized spacial score (nSPS) is 19.0. The van der Waals surface area contributed by atoms with Gasteiger partial charge in [-0.2, -0.15) is 0 Å². The van der Waals surface area contributed by atoms with Gasteiger partial charge in [-0.25, -0.2) is 4.79 Å². The molecule has 0 spiro atoms. The van der Waals surface area contributed by atoms with E-state index in [0.29, 0.717) is 0 Å². The van der Waals surface area contributed by atoms with Crippen molar-refractivity contribution in [1.29, 1.82) is 0 Å². The molecule has 0 saturated heterocycles. The van der Waals surface area contributed by atoms with Gasteiger partial charge in [-0.05, 0) is 38.5 Å². The molecule has 134 valence electrons. The Kier molecular flexibility index (Phi) is 3.87. The van der Waals surface area contributed by atoms with Crippen LogP contribution in [0.1, 0.15) is 44.2 Å². The number of rotatable bonds is 2. The number of benzene rings is 2. The van der Waals surface area contributed by atoms with Gasteiger partial charge in [0.2, 0.25) is 0 Å². The van der Waals surface area contributed by atoms with Crippen LogP contribution in [0.4, 0.5) is 4.79 Å². The number of para-hydroxylation sites is 1. The molecule has 0 aliphatic carbocycles. The van der Waals surface area contributed by atoms with Crippen LogP contribution in [-0.2, 0) is 9.47 Å². The van der Waals surface area contributed by atoms with Crippen LogP contribution in [-0.4, -0.2) is 16.4 Å². The SMILES string of the molecule is CC(C)(C)OC(=O)O[C@H]1c2cc3ccccc3n2N[C@@H]1c1ccccc1. The van der Waals surface area contributed by atoms with Crippen LogP contribution in [0.15, 0.2) is 60.7 Å². The van der Waals surface area contributed by atoms with Gasteiger partial charge in [-0.1, -0.05) is 48.5 Å². The van der Waals surface area contributed by atoms with E-state index in [4.69, 9.17) is 9.47 Å².